The van der Waals surface area contributed by atoms with Gasteiger partial charge in [-0.25, -0.2) is 0 Å². The Morgan fingerprint density at radius 1 is 0.359 bits per heavy atom. The van der Waals surface area contributed by atoms with Crippen molar-refractivity contribution in [1.82, 2.24) is 0 Å². The number of hydrogen-bond donors (Lipinski definition) is 0. The molecule has 0 spiro atoms. The fourth-order valence-corrected chi connectivity index (χ4v) is 3.39. The lowest BCUT2D eigenvalue weighted by molar-refractivity contribution is -0.163. The van der Waals surface area contributed by atoms with Crippen molar-refractivity contribution in [2.45, 2.75) is 6.29 Å². The smallest absolute Gasteiger partial charge is 0.184 e. The summed E-state index contributed by atoms with van der Waals surface area (Å²) in [6.07, 6.45) is -0.490. The van der Waals surface area contributed by atoms with Crippen molar-refractivity contribution >= 4 is 0 Å². The lowest BCUT2D eigenvalue weighted by atomic mass is 10.2. The molecule has 0 N–H and O–H groups in total. The maximum Gasteiger partial charge on any atom is 0.184 e. The molecule has 0 unspecified atom stereocenters. The lowest BCUT2D eigenvalue weighted by Gasteiger charge is -2.19. The maximum absolute atomic E-state index is 5.93. The van der Waals surface area contributed by atoms with Crippen LogP contribution in [0.1, 0.15) is 11.9 Å². The van der Waals surface area contributed by atoms with Crippen LogP contribution in [-0.2, 0) is 28.4 Å². The van der Waals surface area contributed by atoms with Crippen LogP contribution in [0.3, 0.4) is 0 Å². The molecular weight excluding hydrogens is 500 g/mol. The lowest BCUT2D eigenvalue weighted by Crippen LogP contribution is -2.17. The normalized spacial score (nSPS) is 11.1. The zero-order chi connectivity index (χ0) is 27.1. The van der Waals surface area contributed by atoms with E-state index in [1.165, 1.54) is 0 Å². The van der Waals surface area contributed by atoms with Crippen LogP contribution in [0.5, 0.6) is 11.5 Å². The third-order valence-electron chi connectivity index (χ3n) is 5.29. The molecule has 0 heterocycles. The predicted octanol–water partition coefficient (Wildman–Crippen LogP) is 4.94. The van der Waals surface area contributed by atoms with Gasteiger partial charge in [0.05, 0.1) is 66.1 Å². The second-order valence-corrected chi connectivity index (χ2v) is 8.26. The molecule has 3 aromatic carbocycles. The van der Waals surface area contributed by atoms with Gasteiger partial charge in [-0.05, 0) is 24.3 Å². The zero-order valence-electron chi connectivity index (χ0n) is 22.5. The highest BCUT2D eigenvalue weighted by atomic mass is 16.7. The van der Waals surface area contributed by atoms with E-state index in [9.17, 15) is 0 Å². The van der Waals surface area contributed by atoms with E-state index in [0.29, 0.717) is 79.3 Å². The molecule has 0 aromatic heterocycles. The molecule has 0 aliphatic heterocycles. The third-order valence-corrected chi connectivity index (χ3v) is 5.29. The molecule has 8 nitrogen and oxygen atoms in total. The highest BCUT2D eigenvalue weighted by Crippen LogP contribution is 2.18. The van der Waals surface area contributed by atoms with E-state index >= 15 is 0 Å². The van der Waals surface area contributed by atoms with Gasteiger partial charge < -0.3 is 37.9 Å². The molecule has 3 rings (SSSR count). The summed E-state index contributed by atoms with van der Waals surface area (Å²) < 4.78 is 45.3. The van der Waals surface area contributed by atoms with E-state index in [2.05, 4.69) is 0 Å². The molecule has 0 aliphatic rings. The molecule has 39 heavy (non-hydrogen) atoms. The van der Waals surface area contributed by atoms with Crippen LogP contribution in [0, 0.1) is 0 Å². The first kappa shape index (κ1) is 30.6. The number of para-hydroxylation sites is 2. The van der Waals surface area contributed by atoms with Crippen LogP contribution in [0.15, 0.2) is 91.0 Å². The van der Waals surface area contributed by atoms with Gasteiger partial charge in [-0.1, -0.05) is 66.7 Å². The fourth-order valence-electron chi connectivity index (χ4n) is 3.39. The summed E-state index contributed by atoms with van der Waals surface area (Å²) in [5.74, 6) is 1.68. The minimum atomic E-state index is -0.490. The Hall–Kier alpha value is -2.98. The average molecular weight is 541 g/mol. The highest BCUT2D eigenvalue weighted by Gasteiger charge is 2.12. The van der Waals surface area contributed by atoms with Gasteiger partial charge in [0, 0.05) is 5.56 Å². The van der Waals surface area contributed by atoms with E-state index in [4.69, 9.17) is 37.9 Å². The number of ether oxygens (including phenoxy) is 8. The number of rotatable bonds is 23. The summed E-state index contributed by atoms with van der Waals surface area (Å²) in [7, 11) is 0. The molecule has 8 heteroatoms. The standard InChI is InChI=1S/C31H40O8/c1-4-10-28(11-5-1)31(38-26-22-34-18-16-32-20-24-36-29-12-6-2-7-13-29)39-27-23-35-19-17-33-21-25-37-30-14-8-3-9-15-30/h1-15,31H,16-27H2. The minimum absolute atomic E-state index is 0.399. The Balaban J connectivity index is 1.16. The molecule has 0 atom stereocenters. The third kappa shape index (κ3) is 14.7. The molecule has 0 saturated heterocycles. The Bertz CT molecular complexity index is 883. The molecule has 0 aliphatic carbocycles. The second-order valence-electron chi connectivity index (χ2n) is 8.26. The zero-order valence-corrected chi connectivity index (χ0v) is 22.5. The second kappa shape index (κ2) is 20.9. The van der Waals surface area contributed by atoms with Gasteiger partial charge in [0.15, 0.2) is 6.29 Å². The largest absolute Gasteiger partial charge is 0.491 e. The Labute approximate surface area is 231 Å². The van der Waals surface area contributed by atoms with Gasteiger partial charge in [0.1, 0.15) is 24.7 Å². The number of hydrogen-bond acceptors (Lipinski definition) is 8. The average Bonchev–Trinajstić information content (AvgIpc) is 2.99. The van der Waals surface area contributed by atoms with Crippen molar-refractivity contribution in [2.24, 2.45) is 0 Å². The topological polar surface area (TPSA) is 73.8 Å². The highest BCUT2D eigenvalue weighted by molar-refractivity contribution is 5.21. The maximum atomic E-state index is 5.93. The molecule has 0 saturated carbocycles. The molecule has 212 valence electrons. The van der Waals surface area contributed by atoms with Crippen LogP contribution >= 0.6 is 0 Å². The summed E-state index contributed by atoms with van der Waals surface area (Å²) in [6.45, 7) is 5.68. The van der Waals surface area contributed by atoms with Crippen molar-refractivity contribution < 1.29 is 37.9 Å². The molecule has 0 amide bonds. The first-order valence-corrected chi connectivity index (χ1v) is 13.4. The molecule has 3 aromatic rings. The van der Waals surface area contributed by atoms with Gasteiger partial charge in [-0.2, -0.15) is 0 Å². The van der Waals surface area contributed by atoms with E-state index in [1.54, 1.807) is 0 Å². The summed E-state index contributed by atoms with van der Waals surface area (Å²) >= 11 is 0. The van der Waals surface area contributed by atoms with Crippen molar-refractivity contribution in [3.05, 3.63) is 96.6 Å². The van der Waals surface area contributed by atoms with Crippen LogP contribution < -0.4 is 9.47 Å². The quantitative estimate of drug-likeness (QED) is 0.124. The van der Waals surface area contributed by atoms with Crippen molar-refractivity contribution in [3.8, 4) is 11.5 Å². The Kier molecular flexibility index (Phi) is 16.4. The van der Waals surface area contributed by atoms with E-state index in [1.807, 2.05) is 91.0 Å². The molecule has 0 bridgehead atoms. The van der Waals surface area contributed by atoms with Crippen molar-refractivity contribution in [1.29, 1.82) is 0 Å². The SMILES string of the molecule is c1ccc(OCCOCCOCCOC(OCCOCCOCCOc2ccccc2)c2ccccc2)cc1. The van der Waals surface area contributed by atoms with Gasteiger partial charge in [-0.3, -0.25) is 0 Å². The summed E-state index contributed by atoms with van der Waals surface area (Å²) in [4.78, 5) is 0. The van der Waals surface area contributed by atoms with Gasteiger partial charge in [-0.15, -0.1) is 0 Å². The summed E-state index contributed by atoms with van der Waals surface area (Å²) in [5.41, 5.74) is 0.945. The fraction of sp³-hybridized carbons (Fsp3) is 0.419. The van der Waals surface area contributed by atoms with Crippen LogP contribution in [-0.4, -0.2) is 79.3 Å². The molecule has 0 fully saturated rings. The van der Waals surface area contributed by atoms with Crippen LogP contribution in [0.4, 0.5) is 0 Å². The Morgan fingerprint density at radius 2 is 0.692 bits per heavy atom. The predicted molar refractivity (Wildman–Crippen MR) is 148 cm³/mol. The summed E-state index contributed by atoms with van der Waals surface area (Å²) in [6, 6.07) is 29.2. The molecular formula is C31H40O8. The van der Waals surface area contributed by atoms with Gasteiger partial charge in [0.2, 0.25) is 0 Å². The van der Waals surface area contributed by atoms with Gasteiger partial charge in [0.25, 0.3) is 0 Å². The van der Waals surface area contributed by atoms with Crippen LogP contribution in [0.25, 0.3) is 0 Å². The first-order chi connectivity index (χ1) is 19.4. The van der Waals surface area contributed by atoms with Crippen molar-refractivity contribution in [2.75, 3.05) is 79.3 Å². The summed E-state index contributed by atoms with van der Waals surface area (Å²) in [5, 5.41) is 0. The minimum Gasteiger partial charge on any atom is -0.491 e. The van der Waals surface area contributed by atoms with Crippen LogP contribution in [0.2, 0.25) is 0 Å². The van der Waals surface area contributed by atoms with Crippen molar-refractivity contribution in [3.63, 3.8) is 0 Å². The van der Waals surface area contributed by atoms with E-state index in [-0.39, 0.29) is 0 Å². The number of benzene rings is 3. The Morgan fingerprint density at radius 3 is 1.10 bits per heavy atom. The van der Waals surface area contributed by atoms with Gasteiger partial charge >= 0.3 is 0 Å². The van der Waals surface area contributed by atoms with E-state index in [0.717, 1.165) is 17.1 Å². The van der Waals surface area contributed by atoms with E-state index < -0.39 is 6.29 Å². The monoisotopic (exact) mass is 540 g/mol. The first-order valence-electron chi connectivity index (χ1n) is 13.4. The molecule has 0 radical (unpaired) electrons.